The molecule has 5 nitrogen and oxygen atoms in total. The van der Waals surface area contributed by atoms with E-state index in [1.807, 2.05) is 61.5 Å². The lowest BCUT2D eigenvalue weighted by Crippen LogP contribution is -2.36. The summed E-state index contributed by atoms with van der Waals surface area (Å²) in [5, 5.41) is 7.04. The van der Waals surface area contributed by atoms with Crippen LogP contribution in [0, 0.1) is 0 Å². The first kappa shape index (κ1) is 16.1. The normalized spacial score (nSPS) is 17.6. The molecular formula is C19H20N2O3. The highest BCUT2D eigenvalue weighted by molar-refractivity contribution is 6.05. The molecule has 0 aromatic heterocycles. The third-order valence-electron chi connectivity index (χ3n) is 4.04. The molecule has 1 amide bonds. The molecule has 1 heterocycles. The minimum atomic E-state index is -0.615. The molecule has 1 N–H and O–H groups in total. The number of ether oxygens (including phenoxy) is 1. The van der Waals surface area contributed by atoms with E-state index in [1.165, 1.54) is 0 Å². The van der Waals surface area contributed by atoms with E-state index >= 15 is 0 Å². The van der Waals surface area contributed by atoms with E-state index in [0.717, 1.165) is 22.6 Å². The first-order valence-electron chi connectivity index (χ1n) is 7.90. The fourth-order valence-corrected chi connectivity index (χ4v) is 2.69. The van der Waals surface area contributed by atoms with Crippen molar-refractivity contribution in [3.05, 3.63) is 65.7 Å². The van der Waals surface area contributed by atoms with Crippen LogP contribution in [0.5, 0.6) is 5.75 Å². The summed E-state index contributed by atoms with van der Waals surface area (Å²) in [6.45, 7) is 1.95. The lowest BCUT2D eigenvalue weighted by Gasteiger charge is -2.16. The number of hydrogen-bond donors (Lipinski definition) is 1. The zero-order chi connectivity index (χ0) is 16.9. The molecule has 0 saturated carbocycles. The van der Waals surface area contributed by atoms with Crippen LogP contribution in [0.4, 0.5) is 0 Å². The third-order valence-corrected chi connectivity index (χ3v) is 4.04. The fourth-order valence-electron chi connectivity index (χ4n) is 2.69. The Labute approximate surface area is 141 Å². The first-order chi connectivity index (χ1) is 11.7. The van der Waals surface area contributed by atoms with E-state index in [1.54, 1.807) is 7.11 Å². The van der Waals surface area contributed by atoms with Crippen LogP contribution in [0.2, 0.25) is 0 Å². The lowest BCUT2D eigenvalue weighted by molar-refractivity contribution is -0.131. The van der Waals surface area contributed by atoms with Gasteiger partial charge in [0.1, 0.15) is 5.75 Å². The Morgan fingerprint density at radius 1 is 1.21 bits per heavy atom. The highest BCUT2D eigenvalue weighted by atomic mass is 16.6. The van der Waals surface area contributed by atoms with Crippen LogP contribution in [-0.2, 0) is 9.63 Å². The SMILES string of the molecule is COc1ccccc1C1=NO[C@@H](C(=O)N[C@H](C)c2ccccc2)C1. The second-order valence-electron chi connectivity index (χ2n) is 5.68. The van der Waals surface area contributed by atoms with Crippen molar-refractivity contribution in [2.45, 2.75) is 25.5 Å². The second kappa shape index (κ2) is 7.17. The van der Waals surface area contributed by atoms with Gasteiger partial charge in [0.05, 0.1) is 18.9 Å². The van der Waals surface area contributed by atoms with Gasteiger partial charge in [-0.1, -0.05) is 47.6 Å². The molecule has 3 rings (SSSR count). The van der Waals surface area contributed by atoms with Gasteiger partial charge in [0.25, 0.3) is 5.91 Å². The smallest absolute Gasteiger partial charge is 0.264 e. The summed E-state index contributed by atoms with van der Waals surface area (Å²) >= 11 is 0. The second-order valence-corrected chi connectivity index (χ2v) is 5.68. The number of carbonyl (C=O) groups excluding carboxylic acids is 1. The summed E-state index contributed by atoms with van der Waals surface area (Å²) in [5.41, 5.74) is 2.63. The lowest BCUT2D eigenvalue weighted by atomic mass is 10.0. The Bertz CT molecular complexity index is 743. The average Bonchev–Trinajstić information content (AvgIpc) is 3.12. The van der Waals surface area contributed by atoms with Crippen LogP contribution >= 0.6 is 0 Å². The molecule has 2 aromatic rings. The van der Waals surface area contributed by atoms with Crippen LogP contribution in [0.15, 0.2) is 59.8 Å². The summed E-state index contributed by atoms with van der Waals surface area (Å²) in [6, 6.07) is 17.3. The maximum absolute atomic E-state index is 12.4. The highest BCUT2D eigenvalue weighted by Gasteiger charge is 2.30. The molecule has 24 heavy (non-hydrogen) atoms. The number of rotatable bonds is 5. The summed E-state index contributed by atoms with van der Waals surface area (Å²) in [5.74, 6) is 0.554. The van der Waals surface area contributed by atoms with Gasteiger partial charge >= 0.3 is 0 Å². The molecule has 2 aromatic carbocycles. The Hall–Kier alpha value is -2.82. The number of nitrogens with one attached hydrogen (secondary N) is 1. The van der Waals surface area contributed by atoms with Gasteiger partial charge in [0, 0.05) is 12.0 Å². The van der Waals surface area contributed by atoms with Gasteiger partial charge in [0.15, 0.2) is 0 Å². The van der Waals surface area contributed by atoms with E-state index in [0.29, 0.717) is 6.42 Å². The Kier molecular flexibility index (Phi) is 4.79. The molecule has 0 unspecified atom stereocenters. The van der Waals surface area contributed by atoms with Gasteiger partial charge < -0.3 is 14.9 Å². The predicted octanol–water partition coefficient (Wildman–Crippen LogP) is 3.07. The molecule has 0 aliphatic carbocycles. The number of nitrogens with zero attached hydrogens (tertiary/aromatic N) is 1. The minimum absolute atomic E-state index is 0.0855. The van der Waals surface area contributed by atoms with Gasteiger partial charge in [-0.05, 0) is 24.6 Å². The van der Waals surface area contributed by atoms with Crippen LogP contribution in [0.3, 0.4) is 0 Å². The monoisotopic (exact) mass is 324 g/mol. The number of oxime groups is 1. The standard InChI is InChI=1S/C19H20N2O3/c1-13(14-8-4-3-5-9-14)20-19(22)18-12-16(21-24-18)15-10-6-7-11-17(15)23-2/h3-11,13,18H,12H2,1-2H3,(H,20,22)/t13-,18-/m1/s1. The first-order valence-corrected chi connectivity index (χ1v) is 7.90. The molecule has 5 heteroatoms. The van der Waals surface area contributed by atoms with E-state index in [-0.39, 0.29) is 11.9 Å². The van der Waals surface area contributed by atoms with E-state index in [9.17, 15) is 4.79 Å². The largest absolute Gasteiger partial charge is 0.496 e. The van der Waals surface area contributed by atoms with Crippen molar-refractivity contribution < 1.29 is 14.4 Å². The number of para-hydroxylation sites is 1. The van der Waals surface area contributed by atoms with E-state index in [4.69, 9.17) is 9.57 Å². The number of methoxy groups -OCH3 is 1. The quantitative estimate of drug-likeness (QED) is 0.919. The average molecular weight is 324 g/mol. The third kappa shape index (κ3) is 3.40. The van der Waals surface area contributed by atoms with Gasteiger partial charge in [-0.15, -0.1) is 0 Å². The zero-order valence-corrected chi connectivity index (χ0v) is 13.7. The molecule has 0 saturated heterocycles. The molecule has 1 aliphatic heterocycles. The molecule has 124 valence electrons. The van der Waals surface area contributed by atoms with E-state index < -0.39 is 6.10 Å². The Morgan fingerprint density at radius 3 is 2.67 bits per heavy atom. The molecule has 0 radical (unpaired) electrons. The summed E-state index contributed by atoms with van der Waals surface area (Å²) in [6.07, 6.45) is -0.190. The van der Waals surface area contributed by atoms with Crippen molar-refractivity contribution in [3.8, 4) is 5.75 Å². The van der Waals surface area contributed by atoms with Crippen molar-refractivity contribution in [1.29, 1.82) is 0 Å². The van der Waals surface area contributed by atoms with Crippen molar-refractivity contribution >= 4 is 11.6 Å². The van der Waals surface area contributed by atoms with Crippen LogP contribution in [0.25, 0.3) is 0 Å². The van der Waals surface area contributed by atoms with Crippen molar-refractivity contribution in [2.24, 2.45) is 5.16 Å². The number of carbonyl (C=O) groups is 1. The summed E-state index contributed by atoms with van der Waals surface area (Å²) < 4.78 is 5.34. The van der Waals surface area contributed by atoms with Crippen molar-refractivity contribution in [2.75, 3.05) is 7.11 Å². The summed E-state index contributed by atoms with van der Waals surface area (Å²) in [7, 11) is 1.61. The fraction of sp³-hybridized carbons (Fsp3) is 0.263. The molecule has 1 aliphatic rings. The van der Waals surface area contributed by atoms with Gasteiger partial charge in [0.2, 0.25) is 6.10 Å². The molecular weight excluding hydrogens is 304 g/mol. The molecule has 0 bridgehead atoms. The van der Waals surface area contributed by atoms with Gasteiger partial charge in [-0.3, -0.25) is 4.79 Å². The topological polar surface area (TPSA) is 59.9 Å². The molecule has 0 spiro atoms. The zero-order valence-electron chi connectivity index (χ0n) is 13.7. The maximum atomic E-state index is 12.4. The number of benzene rings is 2. The highest BCUT2D eigenvalue weighted by Crippen LogP contribution is 2.25. The Balaban J connectivity index is 1.63. The van der Waals surface area contributed by atoms with Crippen LogP contribution < -0.4 is 10.1 Å². The molecule has 2 atom stereocenters. The minimum Gasteiger partial charge on any atom is -0.496 e. The van der Waals surface area contributed by atoms with E-state index in [2.05, 4.69) is 10.5 Å². The predicted molar refractivity (Wildman–Crippen MR) is 92.0 cm³/mol. The van der Waals surface area contributed by atoms with Gasteiger partial charge in [-0.25, -0.2) is 0 Å². The Morgan fingerprint density at radius 2 is 1.92 bits per heavy atom. The van der Waals surface area contributed by atoms with Crippen LogP contribution in [-0.4, -0.2) is 24.8 Å². The van der Waals surface area contributed by atoms with Gasteiger partial charge in [-0.2, -0.15) is 0 Å². The summed E-state index contributed by atoms with van der Waals surface area (Å²) in [4.78, 5) is 17.8. The maximum Gasteiger partial charge on any atom is 0.264 e. The van der Waals surface area contributed by atoms with Crippen LogP contribution in [0.1, 0.15) is 30.5 Å². The number of hydrogen-bond acceptors (Lipinski definition) is 4. The van der Waals surface area contributed by atoms with Crippen molar-refractivity contribution in [1.82, 2.24) is 5.32 Å². The van der Waals surface area contributed by atoms with Crippen molar-refractivity contribution in [3.63, 3.8) is 0 Å². The molecule has 0 fully saturated rings. The number of amides is 1.